The maximum atomic E-state index is 11.6. The van der Waals surface area contributed by atoms with Crippen LogP contribution in [0.5, 0.6) is 0 Å². The summed E-state index contributed by atoms with van der Waals surface area (Å²) in [5.41, 5.74) is -0.321. The number of nitrogens with one attached hydrogen (secondary N) is 1. The molecule has 0 spiro atoms. The van der Waals surface area contributed by atoms with E-state index < -0.39 is 5.60 Å². The molecular weight excluding hydrogens is 202 g/mol. The van der Waals surface area contributed by atoms with E-state index in [1.165, 1.54) is 0 Å². The molecule has 0 saturated carbocycles. The molecule has 3 nitrogen and oxygen atoms in total. The van der Waals surface area contributed by atoms with Crippen molar-refractivity contribution in [2.24, 2.45) is 0 Å². The fourth-order valence-corrected chi connectivity index (χ4v) is 1.45. The maximum absolute atomic E-state index is 11.6. The number of hydrogen-bond donors (Lipinski definition) is 1. The zero-order chi connectivity index (χ0) is 13.0. The molecule has 1 atom stereocenters. The number of ether oxygens (including phenoxy) is 1. The van der Waals surface area contributed by atoms with Gasteiger partial charge in [-0.15, -0.1) is 0 Å². The van der Waals surface area contributed by atoms with Crippen LogP contribution in [-0.4, -0.2) is 23.2 Å². The van der Waals surface area contributed by atoms with Crippen molar-refractivity contribution in [3.63, 3.8) is 0 Å². The van der Waals surface area contributed by atoms with E-state index in [4.69, 9.17) is 4.74 Å². The Hall–Kier alpha value is -0.570. The van der Waals surface area contributed by atoms with Crippen molar-refractivity contribution in [2.75, 3.05) is 0 Å². The van der Waals surface area contributed by atoms with Crippen LogP contribution in [-0.2, 0) is 9.53 Å². The van der Waals surface area contributed by atoms with Crippen LogP contribution in [0.4, 0.5) is 0 Å². The first-order chi connectivity index (χ1) is 7.06. The van der Waals surface area contributed by atoms with Crippen molar-refractivity contribution in [1.82, 2.24) is 5.32 Å². The summed E-state index contributed by atoms with van der Waals surface area (Å²) in [7, 11) is 0. The van der Waals surface area contributed by atoms with Crippen LogP contribution in [0.2, 0.25) is 0 Å². The van der Waals surface area contributed by atoms with E-state index >= 15 is 0 Å². The predicted molar refractivity (Wildman–Crippen MR) is 67.4 cm³/mol. The van der Waals surface area contributed by atoms with Gasteiger partial charge in [-0.1, -0.05) is 6.92 Å². The summed E-state index contributed by atoms with van der Waals surface area (Å²) in [5.74, 6) is -0.139. The summed E-state index contributed by atoms with van der Waals surface area (Å²) in [6.45, 7) is 14.1. The normalized spacial score (nSPS) is 14.7. The third-order valence-corrected chi connectivity index (χ3v) is 2.41. The molecule has 0 heterocycles. The standard InChI is InChI=1S/C13H27NO2/c1-8-13(6,7)14-10(2)9-11(15)16-12(3,4)5/h10,14H,8-9H2,1-7H3. The number of carbonyl (C=O) groups is 1. The van der Waals surface area contributed by atoms with E-state index in [0.29, 0.717) is 6.42 Å². The van der Waals surface area contributed by atoms with E-state index in [0.717, 1.165) is 6.42 Å². The second kappa shape index (κ2) is 5.67. The van der Waals surface area contributed by atoms with Crippen LogP contribution in [0.3, 0.4) is 0 Å². The summed E-state index contributed by atoms with van der Waals surface area (Å²) in [5, 5.41) is 3.42. The van der Waals surface area contributed by atoms with E-state index in [-0.39, 0.29) is 17.6 Å². The molecule has 1 unspecified atom stereocenters. The predicted octanol–water partition coefficient (Wildman–Crippen LogP) is 2.88. The van der Waals surface area contributed by atoms with E-state index in [9.17, 15) is 4.79 Å². The minimum atomic E-state index is -0.392. The van der Waals surface area contributed by atoms with Gasteiger partial charge in [-0.05, 0) is 48.0 Å². The summed E-state index contributed by atoms with van der Waals surface area (Å²) >= 11 is 0. The molecule has 0 fully saturated rings. The van der Waals surface area contributed by atoms with E-state index in [1.807, 2.05) is 27.7 Å². The van der Waals surface area contributed by atoms with Crippen molar-refractivity contribution in [1.29, 1.82) is 0 Å². The summed E-state index contributed by atoms with van der Waals surface area (Å²) < 4.78 is 5.28. The lowest BCUT2D eigenvalue weighted by atomic mass is 10.00. The first kappa shape index (κ1) is 15.4. The molecule has 0 aliphatic rings. The third-order valence-electron chi connectivity index (χ3n) is 2.41. The highest BCUT2D eigenvalue weighted by atomic mass is 16.6. The van der Waals surface area contributed by atoms with Crippen molar-refractivity contribution in [3.05, 3.63) is 0 Å². The SMILES string of the molecule is CCC(C)(C)NC(C)CC(=O)OC(C)(C)C. The van der Waals surface area contributed by atoms with Crippen molar-refractivity contribution in [2.45, 2.75) is 78.5 Å². The summed E-state index contributed by atoms with van der Waals surface area (Å²) in [6.07, 6.45) is 1.45. The smallest absolute Gasteiger partial charge is 0.307 e. The fraction of sp³-hybridized carbons (Fsp3) is 0.923. The molecule has 0 aromatic carbocycles. The molecule has 96 valence electrons. The summed E-state index contributed by atoms with van der Waals surface area (Å²) in [4.78, 5) is 11.6. The quantitative estimate of drug-likeness (QED) is 0.737. The molecule has 0 aliphatic heterocycles. The Morgan fingerprint density at radius 1 is 1.25 bits per heavy atom. The van der Waals surface area contributed by atoms with Gasteiger partial charge in [0, 0.05) is 11.6 Å². The van der Waals surface area contributed by atoms with Gasteiger partial charge in [0.15, 0.2) is 0 Å². The van der Waals surface area contributed by atoms with Gasteiger partial charge in [-0.3, -0.25) is 4.79 Å². The molecule has 3 heteroatoms. The van der Waals surface area contributed by atoms with Gasteiger partial charge in [-0.25, -0.2) is 0 Å². The average molecular weight is 229 g/mol. The van der Waals surface area contributed by atoms with Gasteiger partial charge < -0.3 is 10.1 Å². The number of carbonyl (C=O) groups excluding carboxylic acids is 1. The maximum Gasteiger partial charge on any atom is 0.307 e. The Balaban J connectivity index is 4.06. The minimum absolute atomic E-state index is 0.0709. The topological polar surface area (TPSA) is 38.3 Å². The second-order valence-electron chi connectivity index (χ2n) is 6.07. The van der Waals surface area contributed by atoms with Gasteiger partial charge in [0.25, 0.3) is 0 Å². The Bertz CT molecular complexity index is 229. The molecule has 0 radical (unpaired) electrons. The van der Waals surface area contributed by atoms with Crippen LogP contribution in [0, 0.1) is 0 Å². The van der Waals surface area contributed by atoms with Crippen molar-refractivity contribution < 1.29 is 9.53 Å². The summed E-state index contributed by atoms with van der Waals surface area (Å²) in [6, 6.07) is 0.143. The van der Waals surface area contributed by atoms with Crippen LogP contribution in [0.1, 0.15) is 61.3 Å². The van der Waals surface area contributed by atoms with Crippen LogP contribution in [0.15, 0.2) is 0 Å². The highest BCUT2D eigenvalue weighted by Crippen LogP contribution is 2.12. The van der Waals surface area contributed by atoms with E-state index in [2.05, 4.69) is 26.1 Å². The molecule has 0 amide bonds. The lowest BCUT2D eigenvalue weighted by Crippen LogP contribution is -2.45. The lowest BCUT2D eigenvalue weighted by molar-refractivity contribution is -0.155. The monoisotopic (exact) mass is 229 g/mol. The Morgan fingerprint density at radius 3 is 2.12 bits per heavy atom. The van der Waals surface area contributed by atoms with Crippen LogP contribution in [0.25, 0.3) is 0 Å². The van der Waals surface area contributed by atoms with Crippen LogP contribution < -0.4 is 5.32 Å². The molecule has 0 aromatic heterocycles. The number of esters is 1. The van der Waals surface area contributed by atoms with Gasteiger partial charge in [-0.2, -0.15) is 0 Å². The Labute approximate surface area is 99.9 Å². The zero-order valence-corrected chi connectivity index (χ0v) is 11.8. The van der Waals surface area contributed by atoms with E-state index in [1.54, 1.807) is 0 Å². The Kier molecular flexibility index (Phi) is 5.47. The highest BCUT2D eigenvalue weighted by molar-refractivity contribution is 5.70. The van der Waals surface area contributed by atoms with Crippen LogP contribution >= 0.6 is 0 Å². The molecule has 0 bridgehead atoms. The fourth-order valence-electron chi connectivity index (χ4n) is 1.45. The van der Waals surface area contributed by atoms with Crippen molar-refractivity contribution >= 4 is 5.97 Å². The largest absolute Gasteiger partial charge is 0.460 e. The lowest BCUT2D eigenvalue weighted by Gasteiger charge is -2.29. The second-order valence-corrected chi connectivity index (χ2v) is 6.07. The molecule has 0 saturated heterocycles. The van der Waals surface area contributed by atoms with Gasteiger partial charge >= 0.3 is 5.97 Å². The van der Waals surface area contributed by atoms with Gasteiger partial charge in [0.2, 0.25) is 0 Å². The molecular formula is C13H27NO2. The molecule has 16 heavy (non-hydrogen) atoms. The zero-order valence-electron chi connectivity index (χ0n) is 11.8. The highest BCUT2D eigenvalue weighted by Gasteiger charge is 2.22. The molecule has 1 N–H and O–H groups in total. The Morgan fingerprint density at radius 2 is 1.75 bits per heavy atom. The first-order valence-electron chi connectivity index (χ1n) is 6.05. The minimum Gasteiger partial charge on any atom is -0.460 e. The number of hydrogen-bond acceptors (Lipinski definition) is 3. The molecule has 0 rings (SSSR count). The van der Waals surface area contributed by atoms with Gasteiger partial charge in [0.05, 0.1) is 6.42 Å². The van der Waals surface area contributed by atoms with Gasteiger partial charge in [0.1, 0.15) is 5.60 Å². The third kappa shape index (κ3) is 7.69. The molecule has 0 aromatic rings. The average Bonchev–Trinajstić information content (AvgIpc) is 1.98. The number of rotatable bonds is 5. The first-order valence-corrected chi connectivity index (χ1v) is 6.05. The molecule has 0 aliphatic carbocycles. The van der Waals surface area contributed by atoms with Crippen molar-refractivity contribution in [3.8, 4) is 0 Å².